The predicted octanol–water partition coefficient (Wildman–Crippen LogP) is 2.25. The molecule has 0 bridgehead atoms. The van der Waals surface area contributed by atoms with Gasteiger partial charge in [0.25, 0.3) is 0 Å². The van der Waals surface area contributed by atoms with Gasteiger partial charge in [0, 0.05) is 10.2 Å². The Morgan fingerprint density at radius 1 is 1.21 bits per heavy atom. The van der Waals surface area contributed by atoms with Crippen LogP contribution in [-0.4, -0.2) is 30.2 Å². The van der Waals surface area contributed by atoms with Crippen molar-refractivity contribution < 1.29 is 19.4 Å². The highest BCUT2D eigenvalue weighted by Crippen LogP contribution is 2.25. The summed E-state index contributed by atoms with van der Waals surface area (Å²) < 4.78 is 5.74. The molecule has 0 atom stereocenters. The van der Waals surface area contributed by atoms with E-state index in [1.165, 1.54) is 25.5 Å². The fourth-order valence-electron chi connectivity index (χ4n) is 1.74. The lowest BCUT2D eigenvalue weighted by atomic mass is 10.2. The minimum absolute atomic E-state index is 0.00733. The number of halogens is 1. The van der Waals surface area contributed by atoms with E-state index in [4.69, 9.17) is 4.74 Å². The van der Waals surface area contributed by atoms with Gasteiger partial charge in [0.15, 0.2) is 11.5 Å². The zero-order valence-corrected chi connectivity index (χ0v) is 14.2. The second-order valence-corrected chi connectivity index (χ2v) is 5.51. The first-order valence-electron chi connectivity index (χ1n) is 6.76. The summed E-state index contributed by atoms with van der Waals surface area (Å²) in [5, 5.41) is 15.6. The van der Waals surface area contributed by atoms with Gasteiger partial charge >= 0.3 is 11.8 Å². The van der Waals surface area contributed by atoms with Crippen LogP contribution in [0.5, 0.6) is 11.5 Å². The van der Waals surface area contributed by atoms with Crippen molar-refractivity contribution in [2.45, 2.75) is 0 Å². The third-order valence-electron chi connectivity index (χ3n) is 2.87. The Morgan fingerprint density at radius 2 is 2.00 bits per heavy atom. The first-order chi connectivity index (χ1) is 11.5. The summed E-state index contributed by atoms with van der Waals surface area (Å²) in [5.74, 6) is -1.48. The first kappa shape index (κ1) is 17.5. The molecule has 0 aromatic heterocycles. The molecule has 0 saturated carbocycles. The second-order valence-electron chi connectivity index (χ2n) is 4.59. The van der Waals surface area contributed by atoms with E-state index in [1.54, 1.807) is 30.3 Å². The number of phenolic OH excluding ortho intramolecular Hbond substituents is 1. The van der Waals surface area contributed by atoms with Gasteiger partial charge in [-0.05, 0) is 42.0 Å². The quantitative estimate of drug-likeness (QED) is 0.422. The third-order valence-corrected chi connectivity index (χ3v) is 3.37. The lowest BCUT2D eigenvalue weighted by Crippen LogP contribution is -2.32. The number of carbonyl (C=O) groups is 2. The maximum Gasteiger partial charge on any atom is 0.329 e. The molecular weight excluding hydrogens is 378 g/mol. The third kappa shape index (κ3) is 4.82. The molecule has 2 aromatic carbocycles. The zero-order valence-electron chi connectivity index (χ0n) is 12.6. The number of hydrogen-bond acceptors (Lipinski definition) is 5. The lowest BCUT2D eigenvalue weighted by Gasteiger charge is -2.04. The molecule has 7 nitrogen and oxygen atoms in total. The molecule has 2 amide bonds. The van der Waals surface area contributed by atoms with Crippen molar-refractivity contribution in [3.8, 4) is 11.5 Å². The molecule has 3 N–H and O–H groups in total. The minimum Gasteiger partial charge on any atom is -0.504 e. The number of nitrogens with zero attached hydrogens (tertiary/aromatic N) is 1. The number of phenols is 1. The second kappa shape index (κ2) is 8.11. The van der Waals surface area contributed by atoms with Gasteiger partial charge in [-0.25, -0.2) is 5.43 Å². The number of anilines is 1. The standard InChI is InChI=1S/C16H14BrN3O4/c1-24-14-7-10(5-6-13(14)21)9-18-20-16(23)15(22)19-12-4-2-3-11(17)8-12/h2-9,21H,1H3,(H,19,22)(H,20,23). The van der Waals surface area contributed by atoms with Crippen molar-refractivity contribution >= 4 is 39.6 Å². The smallest absolute Gasteiger partial charge is 0.329 e. The van der Waals surface area contributed by atoms with Crippen LogP contribution in [0.3, 0.4) is 0 Å². The highest BCUT2D eigenvalue weighted by atomic mass is 79.9. The predicted molar refractivity (Wildman–Crippen MR) is 93.2 cm³/mol. The van der Waals surface area contributed by atoms with Gasteiger partial charge in [0.2, 0.25) is 0 Å². The molecule has 0 aliphatic rings. The van der Waals surface area contributed by atoms with Crippen molar-refractivity contribution in [3.05, 3.63) is 52.5 Å². The summed E-state index contributed by atoms with van der Waals surface area (Å²) >= 11 is 3.27. The van der Waals surface area contributed by atoms with Crippen LogP contribution >= 0.6 is 15.9 Å². The van der Waals surface area contributed by atoms with Crippen molar-refractivity contribution in [2.75, 3.05) is 12.4 Å². The number of rotatable bonds is 4. The van der Waals surface area contributed by atoms with E-state index in [0.717, 1.165) is 4.47 Å². The molecule has 8 heteroatoms. The molecule has 0 saturated heterocycles. The van der Waals surface area contributed by atoms with Crippen LogP contribution in [-0.2, 0) is 9.59 Å². The number of methoxy groups -OCH3 is 1. The van der Waals surface area contributed by atoms with E-state index in [1.807, 2.05) is 0 Å². The van der Waals surface area contributed by atoms with Crippen LogP contribution in [0.25, 0.3) is 0 Å². The number of hydrazone groups is 1. The summed E-state index contributed by atoms with van der Waals surface area (Å²) in [4.78, 5) is 23.4. The summed E-state index contributed by atoms with van der Waals surface area (Å²) in [6, 6.07) is 11.4. The van der Waals surface area contributed by atoms with Gasteiger partial charge in [-0.2, -0.15) is 5.10 Å². The van der Waals surface area contributed by atoms with E-state index in [2.05, 4.69) is 31.8 Å². The SMILES string of the molecule is COc1cc(C=NNC(=O)C(=O)Nc2cccc(Br)c2)ccc1O. The highest BCUT2D eigenvalue weighted by molar-refractivity contribution is 9.10. The zero-order chi connectivity index (χ0) is 17.5. The number of amides is 2. The summed E-state index contributed by atoms with van der Waals surface area (Å²) in [6.07, 6.45) is 1.33. The Balaban J connectivity index is 1.93. The number of carbonyl (C=O) groups excluding carboxylic acids is 2. The van der Waals surface area contributed by atoms with Gasteiger partial charge in [-0.3, -0.25) is 9.59 Å². The number of hydrogen-bond donors (Lipinski definition) is 3. The molecule has 2 aromatic rings. The summed E-state index contributed by atoms with van der Waals surface area (Å²) in [7, 11) is 1.42. The van der Waals surface area contributed by atoms with Crippen molar-refractivity contribution in [1.82, 2.24) is 5.43 Å². The molecule has 0 radical (unpaired) electrons. The van der Waals surface area contributed by atoms with E-state index in [9.17, 15) is 14.7 Å². The van der Waals surface area contributed by atoms with Crippen LogP contribution in [0.15, 0.2) is 52.0 Å². The molecule has 0 aliphatic carbocycles. The molecule has 0 unspecified atom stereocenters. The minimum atomic E-state index is -0.906. The summed E-state index contributed by atoms with van der Waals surface area (Å²) in [6.45, 7) is 0. The molecule has 24 heavy (non-hydrogen) atoms. The molecule has 0 fully saturated rings. The van der Waals surface area contributed by atoms with Gasteiger partial charge in [0.05, 0.1) is 13.3 Å². The fourth-order valence-corrected chi connectivity index (χ4v) is 2.14. The maximum atomic E-state index is 11.7. The number of benzene rings is 2. The monoisotopic (exact) mass is 391 g/mol. The number of aromatic hydroxyl groups is 1. The molecule has 0 spiro atoms. The lowest BCUT2D eigenvalue weighted by molar-refractivity contribution is -0.136. The van der Waals surface area contributed by atoms with E-state index >= 15 is 0 Å². The summed E-state index contributed by atoms with van der Waals surface area (Å²) in [5.41, 5.74) is 3.19. The van der Waals surface area contributed by atoms with E-state index in [-0.39, 0.29) is 11.5 Å². The highest BCUT2D eigenvalue weighted by Gasteiger charge is 2.12. The first-order valence-corrected chi connectivity index (χ1v) is 7.56. The molecule has 124 valence electrons. The Morgan fingerprint density at radius 3 is 2.71 bits per heavy atom. The maximum absolute atomic E-state index is 11.7. The van der Waals surface area contributed by atoms with Gasteiger partial charge in [0.1, 0.15) is 0 Å². The average Bonchev–Trinajstić information content (AvgIpc) is 2.56. The Bertz CT molecular complexity index is 793. The average molecular weight is 392 g/mol. The van der Waals surface area contributed by atoms with Crippen molar-refractivity contribution in [2.24, 2.45) is 5.10 Å². The van der Waals surface area contributed by atoms with Crippen LogP contribution in [0.2, 0.25) is 0 Å². The van der Waals surface area contributed by atoms with Gasteiger partial charge < -0.3 is 15.2 Å². The largest absolute Gasteiger partial charge is 0.504 e. The van der Waals surface area contributed by atoms with E-state index in [0.29, 0.717) is 11.3 Å². The topological polar surface area (TPSA) is 100 Å². The molecule has 0 heterocycles. The van der Waals surface area contributed by atoms with Crippen LogP contribution in [0, 0.1) is 0 Å². The van der Waals surface area contributed by atoms with Crippen molar-refractivity contribution in [3.63, 3.8) is 0 Å². The van der Waals surface area contributed by atoms with Gasteiger partial charge in [-0.15, -0.1) is 0 Å². The normalized spacial score (nSPS) is 10.4. The molecule has 0 aliphatic heterocycles. The van der Waals surface area contributed by atoms with Crippen molar-refractivity contribution in [1.29, 1.82) is 0 Å². The number of nitrogens with one attached hydrogen (secondary N) is 2. The molecular formula is C16H14BrN3O4. The Kier molecular flexibility index (Phi) is 5.91. The van der Waals surface area contributed by atoms with Gasteiger partial charge in [-0.1, -0.05) is 22.0 Å². The number of ether oxygens (including phenoxy) is 1. The van der Waals surface area contributed by atoms with Crippen LogP contribution in [0.1, 0.15) is 5.56 Å². The Hall–Kier alpha value is -2.87. The fraction of sp³-hybridized carbons (Fsp3) is 0.0625. The molecule has 2 rings (SSSR count). The van der Waals surface area contributed by atoms with E-state index < -0.39 is 11.8 Å². The van der Waals surface area contributed by atoms with Crippen LogP contribution < -0.4 is 15.5 Å². The van der Waals surface area contributed by atoms with Crippen LogP contribution in [0.4, 0.5) is 5.69 Å². The Labute approximate surface area is 146 Å².